The zero-order valence-electron chi connectivity index (χ0n) is 11.6. The van der Waals surface area contributed by atoms with Crippen LogP contribution in [0.1, 0.15) is 25.7 Å². The number of amides is 1. The summed E-state index contributed by atoms with van der Waals surface area (Å²) >= 11 is 4.91. The van der Waals surface area contributed by atoms with Crippen molar-refractivity contribution in [1.82, 2.24) is 9.80 Å². The van der Waals surface area contributed by atoms with Crippen LogP contribution in [0.3, 0.4) is 0 Å². The van der Waals surface area contributed by atoms with E-state index in [4.69, 9.17) is 22.7 Å². The summed E-state index contributed by atoms with van der Waals surface area (Å²) in [5, 5.41) is 0. The van der Waals surface area contributed by atoms with Gasteiger partial charge in [0, 0.05) is 39.8 Å². The molecule has 0 radical (unpaired) electrons. The third kappa shape index (κ3) is 3.64. The van der Waals surface area contributed by atoms with Crippen LogP contribution >= 0.6 is 12.2 Å². The fourth-order valence-corrected chi connectivity index (χ4v) is 2.97. The first-order valence-corrected chi connectivity index (χ1v) is 7.29. The largest absolute Gasteiger partial charge is 0.392 e. The van der Waals surface area contributed by atoms with Crippen LogP contribution in [0, 0.1) is 0 Å². The molecule has 2 aliphatic rings. The van der Waals surface area contributed by atoms with Gasteiger partial charge in [-0.2, -0.15) is 0 Å². The molecule has 0 aromatic heterocycles. The van der Waals surface area contributed by atoms with E-state index in [0.29, 0.717) is 18.0 Å². The lowest BCUT2D eigenvalue weighted by atomic mass is 9.77. The molecule has 2 fully saturated rings. The van der Waals surface area contributed by atoms with E-state index in [1.807, 2.05) is 4.90 Å². The highest BCUT2D eigenvalue weighted by molar-refractivity contribution is 7.80. The summed E-state index contributed by atoms with van der Waals surface area (Å²) < 4.78 is 5.52. The number of hydrogen-bond acceptors (Lipinski definition) is 4. The second kappa shape index (κ2) is 6.15. The Bertz CT molecular complexity index is 344. The average Bonchev–Trinajstić information content (AvgIpc) is 2.34. The van der Waals surface area contributed by atoms with Gasteiger partial charge in [0.2, 0.25) is 5.91 Å². The van der Waals surface area contributed by atoms with Crippen LogP contribution in [0.15, 0.2) is 0 Å². The van der Waals surface area contributed by atoms with E-state index in [2.05, 4.69) is 4.90 Å². The van der Waals surface area contributed by atoms with Gasteiger partial charge in [-0.15, -0.1) is 0 Å². The van der Waals surface area contributed by atoms with E-state index >= 15 is 0 Å². The van der Waals surface area contributed by atoms with E-state index < -0.39 is 0 Å². The molecule has 6 heteroatoms. The van der Waals surface area contributed by atoms with Gasteiger partial charge < -0.3 is 15.4 Å². The summed E-state index contributed by atoms with van der Waals surface area (Å²) in [6.45, 7) is 3.88. The Morgan fingerprint density at radius 2 is 1.95 bits per heavy atom. The molecule has 1 amide bonds. The molecule has 0 aromatic rings. The van der Waals surface area contributed by atoms with Crippen LogP contribution in [0.2, 0.25) is 0 Å². The van der Waals surface area contributed by atoms with Crippen molar-refractivity contribution < 1.29 is 9.53 Å². The quantitative estimate of drug-likeness (QED) is 0.740. The fourth-order valence-electron chi connectivity index (χ4n) is 2.79. The predicted octanol–water partition coefficient (Wildman–Crippen LogP) is 0.376. The second-order valence-electron chi connectivity index (χ2n) is 5.54. The summed E-state index contributed by atoms with van der Waals surface area (Å²) in [7, 11) is 1.71. The molecular formula is C13H23N3O2S. The van der Waals surface area contributed by atoms with E-state index in [0.717, 1.165) is 39.0 Å². The van der Waals surface area contributed by atoms with E-state index in [1.165, 1.54) is 6.42 Å². The SMILES string of the molecule is COC1(CC(=O)N2CCN(CC(N)=S)CC2)CCC1. The highest BCUT2D eigenvalue weighted by atomic mass is 32.1. The Morgan fingerprint density at radius 3 is 2.37 bits per heavy atom. The molecule has 108 valence electrons. The lowest BCUT2D eigenvalue weighted by molar-refractivity contribution is -0.145. The number of thiocarbonyl (C=S) groups is 1. The van der Waals surface area contributed by atoms with Crippen molar-refractivity contribution >= 4 is 23.1 Å². The van der Waals surface area contributed by atoms with Crippen molar-refractivity contribution in [2.75, 3.05) is 39.8 Å². The molecule has 2 rings (SSSR count). The van der Waals surface area contributed by atoms with Gasteiger partial charge in [-0.1, -0.05) is 12.2 Å². The van der Waals surface area contributed by atoms with E-state index in [9.17, 15) is 4.79 Å². The highest BCUT2D eigenvalue weighted by Gasteiger charge is 2.40. The monoisotopic (exact) mass is 285 g/mol. The lowest BCUT2D eigenvalue weighted by Gasteiger charge is -2.42. The van der Waals surface area contributed by atoms with Crippen LogP contribution in [0.5, 0.6) is 0 Å². The van der Waals surface area contributed by atoms with Crippen LogP contribution < -0.4 is 5.73 Å². The number of piperazine rings is 1. The first-order chi connectivity index (χ1) is 9.04. The zero-order valence-corrected chi connectivity index (χ0v) is 12.4. The average molecular weight is 285 g/mol. The number of nitrogens with two attached hydrogens (primary N) is 1. The van der Waals surface area contributed by atoms with Crippen molar-refractivity contribution in [3.63, 3.8) is 0 Å². The van der Waals surface area contributed by atoms with Crippen molar-refractivity contribution in [2.45, 2.75) is 31.3 Å². The Kier molecular flexibility index (Phi) is 4.76. The maximum atomic E-state index is 12.3. The summed E-state index contributed by atoms with van der Waals surface area (Å²) in [6, 6.07) is 0. The molecule has 1 aliphatic carbocycles. The van der Waals surface area contributed by atoms with Crippen molar-refractivity contribution in [2.24, 2.45) is 5.73 Å². The van der Waals surface area contributed by atoms with Crippen LogP contribution in [0.4, 0.5) is 0 Å². The lowest BCUT2D eigenvalue weighted by Crippen LogP contribution is -2.52. The summed E-state index contributed by atoms with van der Waals surface area (Å²) in [6.07, 6.45) is 3.72. The predicted molar refractivity (Wildman–Crippen MR) is 78.0 cm³/mol. The number of rotatable bonds is 5. The first-order valence-electron chi connectivity index (χ1n) is 6.88. The minimum Gasteiger partial charge on any atom is -0.392 e. The third-order valence-electron chi connectivity index (χ3n) is 4.28. The number of carbonyl (C=O) groups excluding carboxylic acids is 1. The van der Waals surface area contributed by atoms with E-state index in [1.54, 1.807) is 7.11 Å². The molecule has 1 heterocycles. The number of nitrogens with zero attached hydrogens (tertiary/aromatic N) is 2. The molecule has 1 aliphatic heterocycles. The molecule has 0 spiro atoms. The second-order valence-corrected chi connectivity index (χ2v) is 6.07. The molecular weight excluding hydrogens is 262 g/mol. The maximum absolute atomic E-state index is 12.3. The van der Waals surface area contributed by atoms with Gasteiger partial charge >= 0.3 is 0 Å². The summed E-state index contributed by atoms with van der Waals surface area (Å²) in [5.74, 6) is 0.219. The Morgan fingerprint density at radius 1 is 1.32 bits per heavy atom. The van der Waals surface area contributed by atoms with Crippen LogP contribution in [0.25, 0.3) is 0 Å². The fraction of sp³-hybridized carbons (Fsp3) is 0.846. The van der Waals surface area contributed by atoms with Gasteiger partial charge in [0.05, 0.1) is 17.0 Å². The smallest absolute Gasteiger partial charge is 0.225 e. The maximum Gasteiger partial charge on any atom is 0.225 e. The molecule has 0 unspecified atom stereocenters. The molecule has 1 saturated carbocycles. The number of methoxy groups -OCH3 is 1. The molecule has 0 bridgehead atoms. The van der Waals surface area contributed by atoms with Gasteiger partial charge in [-0.25, -0.2) is 0 Å². The zero-order chi connectivity index (χ0) is 13.9. The Balaban J connectivity index is 1.77. The van der Waals surface area contributed by atoms with Gasteiger partial charge in [0.1, 0.15) is 0 Å². The summed E-state index contributed by atoms with van der Waals surface area (Å²) in [4.78, 5) is 16.9. The van der Waals surface area contributed by atoms with Crippen LogP contribution in [-0.4, -0.2) is 66.1 Å². The molecule has 1 saturated heterocycles. The molecule has 5 nitrogen and oxygen atoms in total. The van der Waals surface area contributed by atoms with Crippen LogP contribution in [-0.2, 0) is 9.53 Å². The topological polar surface area (TPSA) is 58.8 Å². The number of hydrogen-bond donors (Lipinski definition) is 1. The summed E-state index contributed by atoms with van der Waals surface area (Å²) in [5.41, 5.74) is 5.36. The van der Waals surface area contributed by atoms with Crippen molar-refractivity contribution in [3.8, 4) is 0 Å². The number of carbonyl (C=O) groups is 1. The Hall–Kier alpha value is -0.720. The highest BCUT2D eigenvalue weighted by Crippen LogP contribution is 2.38. The minimum atomic E-state index is -0.174. The van der Waals surface area contributed by atoms with Gasteiger partial charge in [-0.3, -0.25) is 9.69 Å². The number of ether oxygens (including phenoxy) is 1. The minimum absolute atomic E-state index is 0.174. The Labute approximate surface area is 120 Å². The molecule has 19 heavy (non-hydrogen) atoms. The normalized spacial score (nSPS) is 22.9. The molecule has 0 atom stereocenters. The van der Waals surface area contributed by atoms with E-state index in [-0.39, 0.29) is 11.5 Å². The van der Waals surface area contributed by atoms with Gasteiger partial charge in [0.25, 0.3) is 0 Å². The third-order valence-corrected chi connectivity index (χ3v) is 4.40. The first kappa shape index (κ1) is 14.7. The standard InChI is InChI=1S/C13H23N3O2S/c1-18-13(3-2-4-13)9-12(17)16-7-5-15(6-8-16)10-11(14)19/h2-10H2,1H3,(H2,14,19). The van der Waals surface area contributed by atoms with Gasteiger partial charge in [-0.05, 0) is 19.3 Å². The van der Waals surface area contributed by atoms with Crippen molar-refractivity contribution in [3.05, 3.63) is 0 Å². The molecule has 2 N–H and O–H groups in total. The van der Waals surface area contributed by atoms with Gasteiger partial charge in [0.15, 0.2) is 0 Å². The van der Waals surface area contributed by atoms with Crippen molar-refractivity contribution in [1.29, 1.82) is 0 Å². The molecule has 0 aromatic carbocycles.